The zero-order chi connectivity index (χ0) is 11.1. The number of nitrogens with one attached hydrogen (secondary N) is 1. The fourth-order valence-electron chi connectivity index (χ4n) is 2.25. The van der Waals surface area contributed by atoms with Crippen LogP contribution >= 0.6 is 0 Å². The lowest BCUT2D eigenvalue weighted by molar-refractivity contribution is 0.199. The van der Waals surface area contributed by atoms with E-state index in [0.717, 1.165) is 25.6 Å². The number of carbonyl (C=O) groups excluding carboxylic acids is 1. The fraction of sp³-hybridized carbons (Fsp3) is 0.917. The second kappa shape index (κ2) is 6.70. The van der Waals surface area contributed by atoms with Gasteiger partial charge in [-0.2, -0.15) is 0 Å². The Morgan fingerprint density at radius 2 is 1.80 bits per heavy atom. The molecule has 3 heteroatoms. The number of nitrogens with zero attached hydrogens (tertiary/aromatic N) is 1. The molecule has 88 valence electrons. The zero-order valence-electron chi connectivity index (χ0n) is 10.1. The molecule has 0 radical (unpaired) electrons. The third-order valence-electron chi connectivity index (χ3n) is 3.32. The van der Waals surface area contributed by atoms with Crippen molar-refractivity contribution in [1.82, 2.24) is 10.2 Å². The van der Waals surface area contributed by atoms with Crippen LogP contribution in [0.1, 0.15) is 46.0 Å². The average molecular weight is 212 g/mol. The largest absolute Gasteiger partial charge is 0.338 e. The summed E-state index contributed by atoms with van der Waals surface area (Å²) >= 11 is 0. The Balaban J connectivity index is 2.20. The number of hydrogen-bond donors (Lipinski definition) is 1. The molecule has 1 N–H and O–H groups in total. The van der Waals surface area contributed by atoms with Crippen LogP contribution < -0.4 is 5.32 Å². The summed E-state index contributed by atoms with van der Waals surface area (Å²) < 4.78 is 0. The Hall–Kier alpha value is -0.730. The highest BCUT2D eigenvalue weighted by atomic mass is 16.2. The summed E-state index contributed by atoms with van der Waals surface area (Å²) in [4.78, 5) is 13.5. The first-order chi connectivity index (χ1) is 7.27. The molecule has 15 heavy (non-hydrogen) atoms. The van der Waals surface area contributed by atoms with Gasteiger partial charge in [-0.15, -0.1) is 0 Å². The molecule has 3 nitrogen and oxygen atoms in total. The smallest absolute Gasteiger partial charge is 0.317 e. The van der Waals surface area contributed by atoms with Crippen LogP contribution in [0.2, 0.25) is 0 Å². The van der Waals surface area contributed by atoms with Crippen LogP contribution in [0.25, 0.3) is 0 Å². The molecule has 0 aliphatic heterocycles. The minimum absolute atomic E-state index is 0.102. The Morgan fingerprint density at radius 3 is 2.33 bits per heavy atom. The molecule has 1 aliphatic rings. The molecule has 0 spiro atoms. The van der Waals surface area contributed by atoms with Crippen molar-refractivity contribution in [2.24, 2.45) is 5.92 Å². The van der Waals surface area contributed by atoms with Crippen molar-refractivity contribution in [2.45, 2.75) is 46.0 Å². The summed E-state index contributed by atoms with van der Waals surface area (Å²) in [6.45, 7) is 6.50. The Kier molecular flexibility index (Phi) is 5.51. The molecular formula is C12H24N2O. The Bertz CT molecular complexity index is 184. The van der Waals surface area contributed by atoms with E-state index in [4.69, 9.17) is 0 Å². The maximum Gasteiger partial charge on any atom is 0.317 e. The summed E-state index contributed by atoms with van der Waals surface area (Å²) in [5.74, 6) is 0.721. The van der Waals surface area contributed by atoms with Gasteiger partial charge in [0.2, 0.25) is 0 Å². The van der Waals surface area contributed by atoms with E-state index in [2.05, 4.69) is 5.32 Å². The minimum atomic E-state index is 0.102. The second-order valence-corrected chi connectivity index (χ2v) is 4.36. The van der Waals surface area contributed by atoms with Gasteiger partial charge in [-0.1, -0.05) is 19.3 Å². The first kappa shape index (κ1) is 12.3. The van der Waals surface area contributed by atoms with E-state index in [0.29, 0.717) is 0 Å². The van der Waals surface area contributed by atoms with E-state index in [1.165, 1.54) is 32.1 Å². The van der Waals surface area contributed by atoms with Crippen LogP contribution in [0.5, 0.6) is 0 Å². The third kappa shape index (κ3) is 4.10. The third-order valence-corrected chi connectivity index (χ3v) is 3.32. The van der Waals surface area contributed by atoms with Crippen molar-refractivity contribution in [2.75, 3.05) is 19.6 Å². The molecule has 0 bridgehead atoms. The highest BCUT2D eigenvalue weighted by Crippen LogP contribution is 2.22. The highest BCUT2D eigenvalue weighted by molar-refractivity contribution is 5.74. The lowest BCUT2D eigenvalue weighted by Gasteiger charge is -2.24. The maximum atomic E-state index is 11.7. The normalized spacial score (nSPS) is 17.5. The quantitative estimate of drug-likeness (QED) is 0.763. The van der Waals surface area contributed by atoms with Crippen LogP contribution in [0.3, 0.4) is 0 Å². The first-order valence-electron chi connectivity index (χ1n) is 6.30. The van der Waals surface area contributed by atoms with Gasteiger partial charge in [-0.25, -0.2) is 4.79 Å². The van der Waals surface area contributed by atoms with E-state index in [-0.39, 0.29) is 6.03 Å². The number of urea groups is 1. The summed E-state index contributed by atoms with van der Waals surface area (Å²) in [7, 11) is 0. The lowest BCUT2D eigenvalue weighted by atomic mass is 9.89. The molecule has 2 amide bonds. The number of hydrogen-bond acceptors (Lipinski definition) is 1. The predicted molar refractivity (Wildman–Crippen MR) is 62.9 cm³/mol. The van der Waals surface area contributed by atoms with E-state index in [1.807, 2.05) is 18.7 Å². The van der Waals surface area contributed by atoms with Gasteiger partial charge in [-0.3, -0.25) is 0 Å². The minimum Gasteiger partial charge on any atom is -0.338 e. The van der Waals surface area contributed by atoms with Crippen LogP contribution in [-0.4, -0.2) is 30.6 Å². The van der Waals surface area contributed by atoms with Gasteiger partial charge in [-0.05, 0) is 32.6 Å². The molecule has 0 saturated heterocycles. The predicted octanol–water partition coefficient (Wildman–Crippen LogP) is 2.62. The summed E-state index contributed by atoms with van der Waals surface area (Å²) in [5.41, 5.74) is 0. The van der Waals surface area contributed by atoms with Gasteiger partial charge in [0.05, 0.1) is 0 Å². The van der Waals surface area contributed by atoms with Crippen molar-refractivity contribution in [3.8, 4) is 0 Å². The lowest BCUT2D eigenvalue weighted by Crippen LogP contribution is -2.41. The van der Waals surface area contributed by atoms with Crippen molar-refractivity contribution >= 4 is 6.03 Å². The summed E-state index contributed by atoms with van der Waals surface area (Å²) in [6, 6.07) is 0.102. The monoisotopic (exact) mass is 212 g/mol. The van der Waals surface area contributed by atoms with Crippen molar-refractivity contribution in [3.05, 3.63) is 0 Å². The van der Waals surface area contributed by atoms with Gasteiger partial charge in [0.25, 0.3) is 0 Å². The molecule has 1 saturated carbocycles. The number of rotatable bonds is 4. The first-order valence-corrected chi connectivity index (χ1v) is 6.30. The SMILES string of the molecule is CCN(CC)C(=O)NCC1CCCCC1. The molecule has 1 rings (SSSR count). The van der Waals surface area contributed by atoms with Crippen LogP contribution in [0.15, 0.2) is 0 Å². The van der Waals surface area contributed by atoms with Crippen molar-refractivity contribution in [1.29, 1.82) is 0 Å². The van der Waals surface area contributed by atoms with Crippen LogP contribution in [0.4, 0.5) is 4.79 Å². The summed E-state index contributed by atoms with van der Waals surface area (Å²) in [6.07, 6.45) is 6.63. The van der Waals surface area contributed by atoms with Crippen molar-refractivity contribution in [3.63, 3.8) is 0 Å². The maximum absolute atomic E-state index is 11.7. The molecule has 0 heterocycles. The summed E-state index contributed by atoms with van der Waals surface area (Å²) in [5, 5.41) is 3.04. The molecule has 0 aromatic heterocycles. The zero-order valence-corrected chi connectivity index (χ0v) is 10.1. The van der Waals surface area contributed by atoms with Gasteiger partial charge < -0.3 is 10.2 Å². The van der Waals surface area contributed by atoms with Gasteiger partial charge in [0.15, 0.2) is 0 Å². The molecule has 0 aromatic rings. The standard InChI is InChI=1S/C12H24N2O/c1-3-14(4-2)12(15)13-10-11-8-6-5-7-9-11/h11H,3-10H2,1-2H3,(H,13,15). The Labute approximate surface area is 93.2 Å². The van der Waals surface area contributed by atoms with E-state index >= 15 is 0 Å². The molecular weight excluding hydrogens is 188 g/mol. The molecule has 0 atom stereocenters. The second-order valence-electron chi connectivity index (χ2n) is 4.36. The van der Waals surface area contributed by atoms with Gasteiger partial charge in [0.1, 0.15) is 0 Å². The van der Waals surface area contributed by atoms with Crippen LogP contribution in [-0.2, 0) is 0 Å². The van der Waals surface area contributed by atoms with Crippen LogP contribution in [0, 0.1) is 5.92 Å². The molecule has 1 fully saturated rings. The van der Waals surface area contributed by atoms with Crippen molar-refractivity contribution < 1.29 is 4.79 Å². The van der Waals surface area contributed by atoms with E-state index in [1.54, 1.807) is 0 Å². The topological polar surface area (TPSA) is 32.3 Å². The molecule has 0 aromatic carbocycles. The van der Waals surface area contributed by atoms with E-state index < -0.39 is 0 Å². The number of carbonyl (C=O) groups is 1. The Morgan fingerprint density at radius 1 is 1.20 bits per heavy atom. The fourth-order valence-corrected chi connectivity index (χ4v) is 2.25. The molecule has 1 aliphatic carbocycles. The average Bonchev–Trinajstić information content (AvgIpc) is 2.29. The molecule has 0 unspecified atom stereocenters. The van der Waals surface area contributed by atoms with Gasteiger partial charge in [0, 0.05) is 19.6 Å². The van der Waals surface area contributed by atoms with E-state index in [9.17, 15) is 4.79 Å². The highest BCUT2D eigenvalue weighted by Gasteiger charge is 2.15. The van der Waals surface area contributed by atoms with Gasteiger partial charge >= 0.3 is 6.03 Å². The number of amides is 2.